The number of phenolic OH excluding ortho intramolecular Hbond substituents is 1. The maximum atomic E-state index is 10.8. The van der Waals surface area contributed by atoms with Crippen molar-refractivity contribution in [3.05, 3.63) is 99.7 Å². The Morgan fingerprint density at radius 3 is 2.54 bits per heavy atom. The highest BCUT2D eigenvalue weighted by atomic mass is 32.1. The summed E-state index contributed by atoms with van der Waals surface area (Å²) in [6, 6.07) is 24.5. The summed E-state index contributed by atoms with van der Waals surface area (Å²) < 4.78 is 0. The normalized spacial score (nSPS) is 10.5. The van der Waals surface area contributed by atoms with Crippen molar-refractivity contribution < 1.29 is 5.11 Å². The Morgan fingerprint density at radius 2 is 1.73 bits per heavy atom. The molecule has 1 heterocycles. The molecule has 1 N–H and O–H groups in total. The summed E-state index contributed by atoms with van der Waals surface area (Å²) in [7, 11) is 0. The molecule has 126 valence electrons. The third-order valence-corrected chi connectivity index (χ3v) is 5.27. The molecule has 0 fully saturated rings. The largest absolute Gasteiger partial charge is 0.507 e. The summed E-state index contributed by atoms with van der Waals surface area (Å²) in [5.41, 5.74) is 3.06. The van der Waals surface area contributed by atoms with Crippen molar-refractivity contribution in [3.63, 3.8) is 0 Å². The van der Waals surface area contributed by atoms with Gasteiger partial charge in [0.15, 0.2) is 0 Å². The standard InChI is InChI=1S/C24H18OS/c25-24-21(16-18-6-2-1-3-7-18)14-13-20-12-11-19(17-23(20)24)8-4-9-22-10-5-15-26-22/h1-3,5-7,10-15,17,25H,9,16H2. The van der Waals surface area contributed by atoms with E-state index in [2.05, 4.69) is 41.5 Å². The third-order valence-electron chi connectivity index (χ3n) is 4.39. The second kappa shape index (κ2) is 7.47. The molecule has 0 aliphatic carbocycles. The van der Waals surface area contributed by atoms with E-state index >= 15 is 0 Å². The van der Waals surface area contributed by atoms with Gasteiger partial charge < -0.3 is 5.11 Å². The van der Waals surface area contributed by atoms with Crippen LogP contribution in [0.2, 0.25) is 0 Å². The van der Waals surface area contributed by atoms with Gasteiger partial charge in [-0.25, -0.2) is 0 Å². The second-order valence-corrected chi connectivity index (χ2v) is 7.26. The van der Waals surface area contributed by atoms with E-state index in [1.807, 2.05) is 48.5 Å². The van der Waals surface area contributed by atoms with Gasteiger partial charge in [-0.15, -0.1) is 11.3 Å². The maximum Gasteiger partial charge on any atom is 0.126 e. The first kappa shape index (κ1) is 16.4. The number of aromatic hydroxyl groups is 1. The van der Waals surface area contributed by atoms with Gasteiger partial charge in [0, 0.05) is 28.7 Å². The predicted octanol–water partition coefficient (Wildman–Crippen LogP) is 5.79. The molecule has 0 aliphatic rings. The van der Waals surface area contributed by atoms with Crippen LogP contribution in [-0.4, -0.2) is 5.11 Å². The third kappa shape index (κ3) is 3.64. The van der Waals surface area contributed by atoms with Crippen LogP contribution in [0, 0.1) is 11.8 Å². The molecule has 26 heavy (non-hydrogen) atoms. The zero-order chi connectivity index (χ0) is 17.8. The lowest BCUT2D eigenvalue weighted by atomic mass is 9.98. The topological polar surface area (TPSA) is 20.2 Å². The van der Waals surface area contributed by atoms with Crippen LogP contribution in [0.1, 0.15) is 21.6 Å². The van der Waals surface area contributed by atoms with Gasteiger partial charge in [-0.2, -0.15) is 0 Å². The number of hydrogen-bond donors (Lipinski definition) is 1. The van der Waals surface area contributed by atoms with Gasteiger partial charge in [0.2, 0.25) is 0 Å². The number of phenols is 1. The Kier molecular flexibility index (Phi) is 4.73. The Bertz CT molecular complexity index is 1080. The lowest BCUT2D eigenvalue weighted by molar-refractivity contribution is 0.476. The highest BCUT2D eigenvalue weighted by Gasteiger charge is 2.07. The Labute approximate surface area is 157 Å². The van der Waals surface area contributed by atoms with Crippen LogP contribution in [0.15, 0.2) is 78.2 Å². The molecule has 3 aromatic carbocycles. The molecule has 0 saturated carbocycles. The minimum atomic E-state index is 0.355. The van der Waals surface area contributed by atoms with E-state index in [4.69, 9.17) is 0 Å². The van der Waals surface area contributed by atoms with Crippen LogP contribution in [0.5, 0.6) is 5.75 Å². The van der Waals surface area contributed by atoms with Crippen LogP contribution in [-0.2, 0) is 12.8 Å². The van der Waals surface area contributed by atoms with Crippen molar-refractivity contribution in [1.82, 2.24) is 0 Å². The van der Waals surface area contributed by atoms with Crippen molar-refractivity contribution in [2.45, 2.75) is 12.8 Å². The fraction of sp³-hybridized carbons (Fsp3) is 0.0833. The molecule has 0 aliphatic heterocycles. The molecule has 0 spiro atoms. The van der Waals surface area contributed by atoms with E-state index < -0.39 is 0 Å². The lowest BCUT2D eigenvalue weighted by Crippen LogP contribution is -1.90. The predicted molar refractivity (Wildman–Crippen MR) is 110 cm³/mol. The molecule has 0 atom stereocenters. The number of rotatable bonds is 3. The Hall–Kier alpha value is -3.02. The number of fused-ring (bicyclic) bond motifs is 1. The first-order valence-corrected chi connectivity index (χ1v) is 9.47. The molecule has 0 saturated heterocycles. The number of hydrogen-bond acceptors (Lipinski definition) is 2. The van der Waals surface area contributed by atoms with Crippen LogP contribution in [0.4, 0.5) is 0 Å². The minimum Gasteiger partial charge on any atom is -0.507 e. The van der Waals surface area contributed by atoms with Crippen molar-refractivity contribution >= 4 is 22.1 Å². The van der Waals surface area contributed by atoms with E-state index in [1.165, 1.54) is 10.4 Å². The summed E-state index contributed by atoms with van der Waals surface area (Å²) in [6.07, 6.45) is 1.48. The average molecular weight is 354 g/mol. The van der Waals surface area contributed by atoms with Crippen molar-refractivity contribution in [2.75, 3.05) is 0 Å². The first-order chi connectivity index (χ1) is 12.8. The molecular weight excluding hydrogens is 336 g/mol. The minimum absolute atomic E-state index is 0.355. The van der Waals surface area contributed by atoms with Gasteiger partial charge in [-0.1, -0.05) is 66.4 Å². The summed E-state index contributed by atoms with van der Waals surface area (Å²) in [4.78, 5) is 1.27. The van der Waals surface area contributed by atoms with E-state index in [0.29, 0.717) is 5.75 Å². The van der Waals surface area contributed by atoms with Crippen molar-refractivity contribution in [2.24, 2.45) is 0 Å². The van der Waals surface area contributed by atoms with Crippen LogP contribution >= 0.6 is 11.3 Å². The molecule has 1 aromatic heterocycles. The van der Waals surface area contributed by atoms with Gasteiger partial charge in [-0.05, 0) is 40.1 Å². The number of benzene rings is 3. The monoisotopic (exact) mass is 354 g/mol. The quantitative estimate of drug-likeness (QED) is 0.462. The van der Waals surface area contributed by atoms with E-state index in [1.54, 1.807) is 11.3 Å². The SMILES string of the molecule is Oc1c(Cc2ccccc2)ccc2ccc(C#CCc3cccs3)cc12. The highest BCUT2D eigenvalue weighted by molar-refractivity contribution is 7.09. The van der Waals surface area contributed by atoms with Gasteiger partial charge in [-0.3, -0.25) is 0 Å². The fourth-order valence-corrected chi connectivity index (χ4v) is 3.68. The fourth-order valence-electron chi connectivity index (χ4n) is 3.03. The molecule has 0 bridgehead atoms. The van der Waals surface area contributed by atoms with Gasteiger partial charge in [0.25, 0.3) is 0 Å². The summed E-state index contributed by atoms with van der Waals surface area (Å²) in [5.74, 6) is 6.79. The summed E-state index contributed by atoms with van der Waals surface area (Å²) >= 11 is 1.72. The number of thiophene rings is 1. The highest BCUT2D eigenvalue weighted by Crippen LogP contribution is 2.31. The van der Waals surface area contributed by atoms with Gasteiger partial charge >= 0.3 is 0 Å². The maximum absolute atomic E-state index is 10.8. The Balaban J connectivity index is 1.64. The first-order valence-electron chi connectivity index (χ1n) is 8.59. The molecular formula is C24H18OS. The van der Waals surface area contributed by atoms with E-state index in [-0.39, 0.29) is 0 Å². The molecule has 4 rings (SSSR count). The lowest BCUT2D eigenvalue weighted by Gasteiger charge is -2.09. The van der Waals surface area contributed by atoms with Crippen molar-refractivity contribution in [1.29, 1.82) is 0 Å². The molecule has 4 aromatic rings. The van der Waals surface area contributed by atoms with Gasteiger partial charge in [0.05, 0.1) is 0 Å². The van der Waals surface area contributed by atoms with Crippen LogP contribution in [0.25, 0.3) is 10.8 Å². The molecule has 2 heteroatoms. The van der Waals surface area contributed by atoms with Crippen LogP contribution in [0.3, 0.4) is 0 Å². The summed E-state index contributed by atoms with van der Waals surface area (Å²) in [5, 5.41) is 14.7. The molecule has 1 nitrogen and oxygen atoms in total. The molecule has 0 amide bonds. The van der Waals surface area contributed by atoms with E-state index in [9.17, 15) is 5.11 Å². The zero-order valence-electron chi connectivity index (χ0n) is 14.3. The smallest absolute Gasteiger partial charge is 0.126 e. The second-order valence-electron chi connectivity index (χ2n) is 6.23. The summed E-state index contributed by atoms with van der Waals surface area (Å²) in [6.45, 7) is 0. The van der Waals surface area contributed by atoms with E-state index in [0.717, 1.165) is 34.7 Å². The Morgan fingerprint density at radius 1 is 0.885 bits per heavy atom. The molecule has 0 radical (unpaired) electrons. The average Bonchev–Trinajstić information content (AvgIpc) is 3.19. The zero-order valence-corrected chi connectivity index (χ0v) is 15.1. The molecule has 0 unspecified atom stereocenters. The van der Waals surface area contributed by atoms with Crippen molar-refractivity contribution in [3.8, 4) is 17.6 Å². The van der Waals surface area contributed by atoms with Gasteiger partial charge in [0.1, 0.15) is 5.75 Å². The van der Waals surface area contributed by atoms with Crippen LogP contribution < -0.4 is 0 Å².